The van der Waals surface area contributed by atoms with Crippen molar-refractivity contribution in [3.8, 4) is 0 Å². The normalized spacial score (nSPS) is 12.0. The van der Waals surface area contributed by atoms with E-state index in [4.69, 9.17) is 10.1 Å². The molecule has 4 nitrogen and oxygen atoms in total. The summed E-state index contributed by atoms with van der Waals surface area (Å²) in [4.78, 5) is 0. The van der Waals surface area contributed by atoms with Crippen LogP contribution < -0.4 is 0 Å². The van der Waals surface area contributed by atoms with Gasteiger partial charge in [0.05, 0.1) is 15.6 Å². The Morgan fingerprint density at radius 2 is 2.12 bits per heavy atom. The fourth-order valence-corrected chi connectivity index (χ4v) is 0.408. The van der Waals surface area contributed by atoms with Gasteiger partial charge in [-0.2, -0.15) is 10.1 Å². The monoisotopic (exact) mass is 132 g/mol. The second-order valence-electron chi connectivity index (χ2n) is 1.52. The van der Waals surface area contributed by atoms with Crippen LogP contribution in [0.1, 0.15) is 13.8 Å². The molecule has 0 rings (SSSR count). The van der Waals surface area contributed by atoms with Crippen LogP contribution in [0.5, 0.6) is 0 Å². The Morgan fingerprint density at radius 3 is 2.25 bits per heavy atom. The lowest BCUT2D eigenvalue weighted by Gasteiger charge is -1.84. The first-order chi connectivity index (χ1) is 3.68. The van der Waals surface area contributed by atoms with Gasteiger partial charge >= 0.3 is 0 Å². The third kappa shape index (κ3) is 2.49. The van der Waals surface area contributed by atoms with Gasteiger partial charge in [-0.1, -0.05) is 4.47 Å². The zero-order valence-electron chi connectivity index (χ0n) is 4.83. The van der Waals surface area contributed by atoms with Crippen LogP contribution in [0.2, 0.25) is 0 Å². The highest BCUT2D eigenvalue weighted by molar-refractivity contribution is 7.73. The maximum absolute atomic E-state index is 8.77. The zero-order chi connectivity index (χ0) is 6.57. The van der Waals surface area contributed by atoms with Crippen molar-refractivity contribution in [3.63, 3.8) is 0 Å². The summed E-state index contributed by atoms with van der Waals surface area (Å²) in [5.41, 5.74) is 6.23. The van der Waals surface area contributed by atoms with Crippen LogP contribution in [0.15, 0.2) is 9.69 Å². The van der Waals surface area contributed by atoms with E-state index in [1.54, 1.807) is 0 Å². The molecule has 0 aromatic rings. The first-order valence-electron chi connectivity index (χ1n) is 2.18. The fourth-order valence-electron chi connectivity index (χ4n) is 0.136. The predicted molar refractivity (Wildman–Crippen MR) is 31.8 cm³/mol. The third-order valence-corrected chi connectivity index (χ3v) is 1.64. The Kier molecular flexibility index (Phi) is 3.07. The van der Waals surface area contributed by atoms with Gasteiger partial charge in [0.1, 0.15) is 0 Å². The highest BCUT2D eigenvalue weighted by Crippen LogP contribution is 1.85. The molecule has 0 aliphatic rings. The summed E-state index contributed by atoms with van der Waals surface area (Å²) in [6.07, 6.45) is 0. The van der Waals surface area contributed by atoms with Gasteiger partial charge in [-0.25, -0.2) is 0 Å². The number of hydrogen-bond donors (Lipinski definition) is 1. The molecule has 5 heteroatoms. The molecule has 46 valence electrons. The van der Waals surface area contributed by atoms with E-state index in [1.807, 2.05) is 13.8 Å². The third-order valence-electron chi connectivity index (χ3n) is 0.546. The van der Waals surface area contributed by atoms with E-state index in [1.165, 1.54) is 0 Å². The SMILES string of the molecule is CC(C)S(#N)=NN=N. The van der Waals surface area contributed by atoms with Gasteiger partial charge in [-0.05, 0) is 19.1 Å². The topological polar surface area (TPSA) is 72.4 Å². The van der Waals surface area contributed by atoms with Crippen LogP contribution in [0.4, 0.5) is 0 Å². The Hall–Kier alpha value is -0.670. The molecule has 0 saturated carbocycles. The van der Waals surface area contributed by atoms with E-state index in [2.05, 4.69) is 9.69 Å². The van der Waals surface area contributed by atoms with Crippen LogP contribution >= 0.6 is 0 Å². The molecule has 0 aliphatic carbocycles. The molecule has 0 radical (unpaired) electrons. The zero-order valence-corrected chi connectivity index (χ0v) is 5.64. The molecule has 0 spiro atoms. The van der Waals surface area contributed by atoms with Crippen LogP contribution in [-0.2, 0) is 10.3 Å². The molecule has 0 bridgehead atoms. The van der Waals surface area contributed by atoms with Gasteiger partial charge in [0.25, 0.3) is 0 Å². The molecule has 0 aliphatic heterocycles. The van der Waals surface area contributed by atoms with Crippen molar-refractivity contribution in [3.05, 3.63) is 0 Å². The Labute approximate surface area is 50.1 Å². The summed E-state index contributed by atoms with van der Waals surface area (Å²) in [6, 6.07) is 0. The van der Waals surface area contributed by atoms with Crippen LogP contribution in [-0.4, -0.2) is 5.25 Å². The van der Waals surface area contributed by atoms with E-state index >= 15 is 0 Å². The van der Waals surface area contributed by atoms with Crippen LogP contribution in [0, 0.1) is 10.1 Å². The van der Waals surface area contributed by atoms with Crippen LogP contribution in [0.3, 0.4) is 0 Å². The summed E-state index contributed by atoms with van der Waals surface area (Å²) in [5, 5.41) is 2.77. The minimum Gasteiger partial charge on any atom is -0.184 e. The van der Waals surface area contributed by atoms with E-state index in [0.717, 1.165) is 0 Å². The minimum absolute atomic E-state index is 0.0732. The highest BCUT2D eigenvalue weighted by Gasteiger charge is 1.88. The Bertz CT molecular complexity index is 186. The summed E-state index contributed by atoms with van der Waals surface area (Å²) < 4.78 is 12.0. The molecule has 0 unspecified atom stereocenters. The molecular formula is C3H8N4S. The van der Waals surface area contributed by atoms with Gasteiger partial charge in [0.15, 0.2) is 0 Å². The summed E-state index contributed by atoms with van der Waals surface area (Å²) in [7, 11) is -1.05. The molecular weight excluding hydrogens is 124 g/mol. The fraction of sp³-hybridized carbons (Fsp3) is 1.00. The lowest BCUT2D eigenvalue weighted by molar-refractivity contribution is 0.996. The maximum atomic E-state index is 8.77. The number of nitrogens with one attached hydrogen (secondary N) is 1. The Balaban J connectivity index is 4.09. The van der Waals surface area contributed by atoms with E-state index in [-0.39, 0.29) is 5.25 Å². The molecule has 0 saturated heterocycles. The first kappa shape index (κ1) is 7.33. The van der Waals surface area contributed by atoms with Gasteiger partial charge in [0.2, 0.25) is 0 Å². The minimum atomic E-state index is -1.05. The molecule has 8 heavy (non-hydrogen) atoms. The van der Waals surface area contributed by atoms with E-state index in [0.29, 0.717) is 0 Å². The lowest BCUT2D eigenvalue weighted by atomic mass is 10.6. The number of nitrogens with zero attached hydrogens (tertiary/aromatic N) is 3. The average molecular weight is 132 g/mol. The molecule has 0 aromatic carbocycles. The van der Waals surface area contributed by atoms with Gasteiger partial charge in [-0.15, -0.1) is 0 Å². The highest BCUT2D eigenvalue weighted by atomic mass is 32.2. The molecule has 0 aromatic heterocycles. The molecule has 1 N–H and O–H groups in total. The molecule has 0 heterocycles. The lowest BCUT2D eigenvalue weighted by Crippen LogP contribution is -1.90. The largest absolute Gasteiger partial charge is 0.184 e. The van der Waals surface area contributed by atoms with E-state index < -0.39 is 10.3 Å². The number of hydrogen-bond acceptors (Lipinski definition) is 2. The van der Waals surface area contributed by atoms with E-state index in [9.17, 15) is 0 Å². The summed E-state index contributed by atoms with van der Waals surface area (Å²) in [5.74, 6) is 0. The van der Waals surface area contributed by atoms with Gasteiger partial charge in [0, 0.05) is 0 Å². The van der Waals surface area contributed by atoms with Crippen molar-refractivity contribution in [1.29, 1.82) is 10.1 Å². The second kappa shape index (κ2) is 3.35. The van der Waals surface area contributed by atoms with Crippen molar-refractivity contribution >= 4 is 10.3 Å². The summed E-state index contributed by atoms with van der Waals surface area (Å²) in [6.45, 7) is 3.63. The van der Waals surface area contributed by atoms with Crippen molar-refractivity contribution in [2.75, 3.05) is 0 Å². The predicted octanol–water partition coefficient (Wildman–Crippen LogP) is 1.62. The number of rotatable bonds is 1. The summed E-state index contributed by atoms with van der Waals surface area (Å²) >= 11 is 0. The standard InChI is InChI=1S/C3H8N4S/c1-3(2)8(5)7-6-4/h3-4H,1-2H3. The molecule has 0 amide bonds. The quantitative estimate of drug-likeness (QED) is 0.427. The van der Waals surface area contributed by atoms with Crippen molar-refractivity contribution in [2.45, 2.75) is 19.1 Å². The van der Waals surface area contributed by atoms with Gasteiger partial charge in [-0.3, -0.25) is 0 Å². The van der Waals surface area contributed by atoms with Gasteiger partial charge < -0.3 is 0 Å². The van der Waals surface area contributed by atoms with Crippen LogP contribution in [0.25, 0.3) is 0 Å². The average Bonchev–Trinajstić information content (AvgIpc) is 1.67. The van der Waals surface area contributed by atoms with Crippen molar-refractivity contribution < 1.29 is 0 Å². The molecule has 0 fully saturated rings. The Morgan fingerprint density at radius 1 is 1.62 bits per heavy atom. The van der Waals surface area contributed by atoms with Crippen molar-refractivity contribution in [1.82, 2.24) is 0 Å². The van der Waals surface area contributed by atoms with Crippen molar-refractivity contribution in [2.24, 2.45) is 9.69 Å². The second-order valence-corrected chi connectivity index (χ2v) is 3.21. The molecule has 0 atom stereocenters. The smallest absolute Gasteiger partial charge is 0.0720 e. The first-order valence-corrected chi connectivity index (χ1v) is 3.38. The maximum Gasteiger partial charge on any atom is 0.0720 e.